The summed E-state index contributed by atoms with van der Waals surface area (Å²) in [5.74, 6) is -0.882. The van der Waals surface area contributed by atoms with Crippen LogP contribution in [0.1, 0.15) is 43.2 Å². The fourth-order valence-corrected chi connectivity index (χ4v) is 2.23. The predicted octanol–water partition coefficient (Wildman–Crippen LogP) is -0.116. The molecule has 1 aromatic heterocycles. The van der Waals surface area contributed by atoms with Gasteiger partial charge in [0.1, 0.15) is 6.04 Å². The maximum atomic E-state index is 12.0. The van der Waals surface area contributed by atoms with Crippen LogP contribution in [0.15, 0.2) is 6.20 Å². The second kappa shape index (κ2) is 7.16. The van der Waals surface area contributed by atoms with Crippen LogP contribution in [-0.4, -0.2) is 52.6 Å². The van der Waals surface area contributed by atoms with Crippen LogP contribution < -0.4 is 10.6 Å². The first-order valence-corrected chi connectivity index (χ1v) is 7.22. The minimum absolute atomic E-state index is 0.213. The Morgan fingerprint density at radius 2 is 2.24 bits per heavy atom. The minimum atomic E-state index is -0.707. The molecule has 1 unspecified atom stereocenters. The summed E-state index contributed by atoms with van der Waals surface area (Å²) in [5, 5.41) is 13.7. The molecule has 1 amide bonds. The van der Waals surface area contributed by atoms with E-state index < -0.39 is 17.9 Å². The van der Waals surface area contributed by atoms with Crippen molar-refractivity contribution in [3.63, 3.8) is 0 Å². The third-order valence-corrected chi connectivity index (χ3v) is 3.41. The SMILES string of the molecule is CCOC(=O)C(C)NC(=O)c1cn(C2CCNCC2)nn1. The molecule has 0 radical (unpaired) electrons. The molecule has 0 aliphatic carbocycles. The summed E-state index contributed by atoms with van der Waals surface area (Å²) in [7, 11) is 0. The fraction of sp³-hybridized carbons (Fsp3) is 0.692. The summed E-state index contributed by atoms with van der Waals surface area (Å²) in [4.78, 5) is 23.5. The van der Waals surface area contributed by atoms with E-state index in [0.717, 1.165) is 25.9 Å². The number of nitrogens with zero attached hydrogens (tertiary/aromatic N) is 3. The van der Waals surface area contributed by atoms with E-state index in [1.807, 2.05) is 0 Å². The van der Waals surface area contributed by atoms with Gasteiger partial charge >= 0.3 is 5.97 Å². The molecule has 2 rings (SSSR count). The Morgan fingerprint density at radius 1 is 1.52 bits per heavy atom. The lowest BCUT2D eigenvalue weighted by molar-refractivity contribution is -0.144. The number of nitrogens with one attached hydrogen (secondary N) is 2. The molecule has 1 aliphatic heterocycles. The zero-order valence-corrected chi connectivity index (χ0v) is 12.3. The number of amides is 1. The van der Waals surface area contributed by atoms with Gasteiger partial charge in [-0.05, 0) is 39.8 Å². The van der Waals surface area contributed by atoms with Gasteiger partial charge in [0.25, 0.3) is 5.91 Å². The highest BCUT2D eigenvalue weighted by Crippen LogP contribution is 2.16. The number of esters is 1. The van der Waals surface area contributed by atoms with Gasteiger partial charge in [-0.3, -0.25) is 4.79 Å². The summed E-state index contributed by atoms with van der Waals surface area (Å²) in [6.45, 7) is 5.45. The summed E-state index contributed by atoms with van der Waals surface area (Å²) >= 11 is 0. The highest BCUT2D eigenvalue weighted by molar-refractivity contribution is 5.94. The fourth-order valence-electron chi connectivity index (χ4n) is 2.23. The van der Waals surface area contributed by atoms with Crippen molar-refractivity contribution < 1.29 is 14.3 Å². The monoisotopic (exact) mass is 295 g/mol. The Labute approximate surface area is 123 Å². The first-order chi connectivity index (χ1) is 10.1. The molecular weight excluding hydrogens is 274 g/mol. The molecule has 1 aliphatic rings. The van der Waals surface area contributed by atoms with E-state index in [1.54, 1.807) is 24.7 Å². The molecule has 1 saturated heterocycles. The third kappa shape index (κ3) is 4.01. The summed E-state index contributed by atoms with van der Waals surface area (Å²) < 4.78 is 6.57. The molecule has 2 N–H and O–H groups in total. The van der Waals surface area contributed by atoms with Gasteiger partial charge in [-0.1, -0.05) is 5.21 Å². The summed E-state index contributed by atoms with van der Waals surface area (Å²) in [6, 6.07) is -0.440. The molecule has 8 nitrogen and oxygen atoms in total. The predicted molar refractivity (Wildman–Crippen MR) is 74.7 cm³/mol. The standard InChI is InChI=1S/C13H21N5O3/c1-3-21-13(20)9(2)15-12(19)11-8-18(17-16-11)10-4-6-14-7-5-10/h8-10,14H,3-7H2,1-2H3,(H,15,19). The first kappa shape index (κ1) is 15.4. The Hall–Kier alpha value is -1.96. The highest BCUT2D eigenvalue weighted by atomic mass is 16.5. The van der Waals surface area contributed by atoms with Crippen LogP contribution in [0.5, 0.6) is 0 Å². The van der Waals surface area contributed by atoms with Crippen LogP contribution >= 0.6 is 0 Å². The number of carbonyl (C=O) groups excluding carboxylic acids is 2. The molecule has 0 spiro atoms. The van der Waals surface area contributed by atoms with E-state index in [-0.39, 0.29) is 18.3 Å². The largest absolute Gasteiger partial charge is 0.464 e. The van der Waals surface area contributed by atoms with Crippen molar-refractivity contribution in [3.8, 4) is 0 Å². The summed E-state index contributed by atoms with van der Waals surface area (Å²) in [5.41, 5.74) is 0.213. The number of ether oxygens (including phenoxy) is 1. The van der Waals surface area contributed by atoms with E-state index in [0.29, 0.717) is 0 Å². The van der Waals surface area contributed by atoms with E-state index in [4.69, 9.17) is 4.74 Å². The average molecular weight is 295 g/mol. The lowest BCUT2D eigenvalue weighted by Gasteiger charge is -2.22. The van der Waals surface area contributed by atoms with Gasteiger partial charge in [-0.15, -0.1) is 5.10 Å². The van der Waals surface area contributed by atoms with E-state index >= 15 is 0 Å². The number of hydrogen-bond donors (Lipinski definition) is 2. The van der Waals surface area contributed by atoms with Crippen LogP contribution in [0.3, 0.4) is 0 Å². The molecular formula is C13H21N5O3. The van der Waals surface area contributed by atoms with Gasteiger partial charge in [0.05, 0.1) is 18.8 Å². The molecule has 1 aromatic rings. The Morgan fingerprint density at radius 3 is 2.90 bits per heavy atom. The van der Waals surface area contributed by atoms with Crippen molar-refractivity contribution in [1.82, 2.24) is 25.6 Å². The zero-order valence-electron chi connectivity index (χ0n) is 12.3. The van der Waals surface area contributed by atoms with Gasteiger partial charge in [0.15, 0.2) is 5.69 Å². The number of piperidine rings is 1. The minimum Gasteiger partial charge on any atom is -0.464 e. The normalized spacial score (nSPS) is 17.2. The molecule has 1 atom stereocenters. The smallest absolute Gasteiger partial charge is 0.328 e. The van der Waals surface area contributed by atoms with Crippen LogP contribution in [0.2, 0.25) is 0 Å². The zero-order chi connectivity index (χ0) is 15.2. The third-order valence-electron chi connectivity index (χ3n) is 3.41. The molecule has 2 heterocycles. The molecule has 1 fully saturated rings. The van der Waals surface area contributed by atoms with Crippen molar-refractivity contribution in [3.05, 3.63) is 11.9 Å². The maximum Gasteiger partial charge on any atom is 0.328 e. The number of carbonyl (C=O) groups is 2. The second-order valence-corrected chi connectivity index (χ2v) is 5.01. The van der Waals surface area contributed by atoms with E-state index in [9.17, 15) is 9.59 Å². The van der Waals surface area contributed by atoms with Crippen molar-refractivity contribution in [2.24, 2.45) is 0 Å². The molecule has 0 saturated carbocycles. The van der Waals surface area contributed by atoms with Crippen LogP contribution in [0.4, 0.5) is 0 Å². The van der Waals surface area contributed by atoms with Crippen molar-refractivity contribution in [2.45, 2.75) is 38.8 Å². The number of hydrogen-bond acceptors (Lipinski definition) is 6. The molecule has 21 heavy (non-hydrogen) atoms. The second-order valence-electron chi connectivity index (χ2n) is 5.01. The van der Waals surface area contributed by atoms with Gasteiger partial charge in [-0.25, -0.2) is 9.48 Å². The Balaban J connectivity index is 1.93. The summed E-state index contributed by atoms with van der Waals surface area (Å²) in [6.07, 6.45) is 3.55. The number of rotatable bonds is 5. The van der Waals surface area contributed by atoms with Crippen molar-refractivity contribution >= 4 is 11.9 Å². The number of aromatic nitrogens is 3. The van der Waals surface area contributed by atoms with Crippen molar-refractivity contribution in [2.75, 3.05) is 19.7 Å². The van der Waals surface area contributed by atoms with E-state index in [2.05, 4.69) is 20.9 Å². The van der Waals surface area contributed by atoms with Crippen LogP contribution in [0, 0.1) is 0 Å². The first-order valence-electron chi connectivity index (χ1n) is 7.22. The van der Waals surface area contributed by atoms with E-state index in [1.165, 1.54) is 0 Å². The quantitative estimate of drug-likeness (QED) is 0.735. The van der Waals surface area contributed by atoms with Gasteiger partial charge < -0.3 is 15.4 Å². The van der Waals surface area contributed by atoms with Crippen molar-refractivity contribution in [1.29, 1.82) is 0 Å². The van der Waals surface area contributed by atoms with Gasteiger partial charge in [0.2, 0.25) is 0 Å². The molecule has 8 heteroatoms. The average Bonchev–Trinajstić information content (AvgIpc) is 2.98. The van der Waals surface area contributed by atoms with Crippen LogP contribution in [-0.2, 0) is 9.53 Å². The molecule has 0 aromatic carbocycles. The van der Waals surface area contributed by atoms with Gasteiger partial charge in [0, 0.05) is 0 Å². The van der Waals surface area contributed by atoms with Crippen LogP contribution in [0.25, 0.3) is 0 Å². The Bertz CT molecular complexity index is 496. The highest BCUT2D eigenvalue weighted by Gasteiger charge is 2.21. The molecule has 0 bridgehead atoms. The lowest BCUT2D eigenvalue weighted by atomic mass is 10.1. The topological polar surface area (TPSA) is 98.1 Å². The molecule has 116 valence electrons. The van der Waals surface area contributed by atoms with Gasteiger partial charge in [-0.2, -0.15) is 0 Å². The lowest BCUT2D eigenvalue weighted by Crippen LogP contribution is -2.39. The maximum absolute atomic E-state index is 12.0. The Kier molecular flexibility index (Phi) is 5.26.